The average Bonchev–Trinajstić information content (AvgIpc) is 3.08. The zero-order chi connectivity index (χ0) is 14.0. The van der Waals surface area contributed by atoms with Gasteiger partial charge in [0.2, 0.25) is 5.91 Å². The van der Waals surface area contributed by atoms with Crippen LogP contribution in [0.4, 0.5) is 13.2 Å². The number of nitrogens with two attached hydrogens (primary N) is 1. The largest absolute Gasteiger partial charge is 0.446 e. The normalized spacial score (nSPS) is 17.2. The van der Waals surface area contributed by atoms with E-state index in [1.54, 1.807) is 0 Å². The molecule has 1 aromatic rings. The van der Waals surface area contributed by atoms with Crippen LogP contribution in [0.15, 0.2) is 29.2 Å². The minimum Gasteiger partial charge on any atom is -0.368 e. The molecule has 0 aromatic heterocycles. The fraction of sp³-hybridized carbons (Fsp3) is 0.417. The molecular formula is C12H13F3N2OS. The number of thioether (sulfide) groups is 1. The van der Waals surface area contributed by atoms with E-state index in [1.807, 2.05) is 0 Å². The summed E-state index contributed by atoms with van der Waals surface area (Å²) in [5.74, 6) is -0.525. The van der Waals surface area contributed by atoms with E-state index in [9.17, 15) is 18.0 Å². The monoisotopic (exact) mass is 290 g/mol. The van der Waals surface area contributed by atoms with E-state index >= 15 is 0 Å². The molecule has 2 rings (SSSR count). The maximum atomic E-state index is 12.2. The van der Waals surface area contributed by atoms with Gasteiger partial charge in [-0.05, 0) is 42.3 Å². The lowest BCUT2D eigenvalue weighted by atomic mass is 10.1. The zero-order valence-corrected chi connectivity index (χ0v) is 10.7. The van der Waals surface area contributed by atoms with Crippen molar-refractivity contribution in [2.75, 3.05) is 0 Å². The molecule has 104 valence electrons. The van der Waals surface area contributed by atoms with Crippen molar-refractivity contribution in [2.24, 2.45) is 5.73 Å². The van der Waals surface area contributed by atoms with Crippen LogP contribution in [0.25, 0.3) is 0 Å². The first kappa shape index (κ1) is 14.2. The summed E-state index contributed by atoms with van der Waals surface area (Å²) >= 11 is -0.181. The van der Waals surface area contributed by atoms with Crippen LogP contribution in [0.1, 0.15) is 24.4 Å². The van der Waals surface area contributed by atoms with E-state index in [1.165, 1.54) is 24.3 Å². The SMILES string of the molecule is NC(=O)C(NC1CC1)c1ccc(SC(F)(F)F)cc1. The second-order valence-electron chi connectivity index (χ2n) is 4.39. The number of nitrogens with one attached hydrogen (secondary N) is 1. The maximum Gasteiger partial charge on any atom is 0.446 e. The molecule has 19 heavy (non-hydrogen) atoms. The summed E-state index contributed by atoms with van der Waals surface area (Å²) in [4.78, 5) is 11.4. The molecule has 1 unspecified atom stereocenters. The third kappa shape index (κ3) is 4.43. The predicted molar refractivity (Wildman–Crippen MR) is 66.4 cm³/mol. The fourth-order valence-corrected chi connectivity index (χ4v) is 2.23. The smallest absolute Gasteiger partial charge is 0.368 e. The summed E-state index contributed by atoms with van der Waals surface area (Å²) in [6.45, 7) is 0. The first-order valence-electron chi connectivity index (χ1n) is 5.76. The van der Waals surface area contributed by atoms with Gasteiger partial charge in [0, 0.05) is 10.9 Å². The van der Waals surface area contributed by atoms with Crippen LogP contribution in [0, 0.1) is 0 Å². The summed E-state index contributed by atoms with van der Waals surface area (Å²) in [5.41, 5.74) is 1.58. The second-order valence-corrected chi connectivity index (χ2v) is 5.53. The Morgan fingerprint density at radius 2 is 1.89 bits per heavy atom. The number of carbonyl (C=O) groups excluding carboxylic acids is 1. The number of halogens is 3. The Morgan fingerprint density at radius 1 is 1.32 bits per heavy atom. The van der Waals surface area contributed by atoms with E-state index < -0.39 is 17.5 Å². The molecule has 1 atom stereocenters. The Kier molecular flexibility index (Phi) is 4.05. The number of amides is 1. The van der Waals surface area contributed by atoms with Crippen molar-refractivity contribution in [2.45, 2.75) is 35.3 Å². The first-order valence-corrected chi connectivity index (χ1v) is 6.58. The molecule has 0 heterocycles. The maximum absolute atomic E-state index is 12.2. The summed E-state index contributed by atoms with van der Waals surface area (Å²) in [7, 11) is 0. The van der Waals surface area contributed by atoms with E-state index in [2.05, 4.69) is 5.32 Å². The average molecular weight is 290 g/mol. The standard InChI is InChI=1S/C12H13F3N2OS/c13-12(14,15)19-9-5-1-7(2-6-9)10(11(16)18)17-8-3-4-8/h1-2,5-6,8,10,17H,3-4H2,(H2,16,18). The summed E-state index contributed by atoms with van der Waals surface area (Å²) < 4.78 is 36.6. The minimum atomic E-state index is -4.31. The molecule has 7 heteroatoms. The quantitative estimate of drug-likeness (QED) is 0.820. The number of benzene rings is 1. The Morgan fingerprint density at radius 3 is 2.32 bits per heavy atom. The molecule has 1 aliphatic rings. The second kappa shape index (κ2) is 5.42. The fourth-order valence-electron chi connectivity index (χ4n) is 1.69. The third-order valence-corrected chi connectivity index (χ3v) is 3.45. The summed E-state index contributed by atoms with van der Waals surface area (Å²) in [6.07, 6.45) is 1.98. The Labute approximate surface area is 112 Å². The molecule has 0 saturated heterocycles. The van der Waals surface area contributed by atoms with Gasteiger partial charge in [0.15, 0.2) is 0 Å². The first-order chi connectivity index (χ1) is 8.85. The van der Waals surface area contributed by atoms with Crippen LogP contribution in [-0.4, -0.2) is 17.5 Å². The van der Waals surface area contributed by atoms with Crippen LogP contribution in [0.3, 0.4) is 0 Å². The van der Waals surface area contributed by atoms with Crippen LogP contribution < -0.4 is 11.1 Å². The Hall–Kier alpha value is -1.21. The lowest BCUT2D eigenvalue weighted by molar-refractivity contribution is -0.120. The van der Waals surface area contributed by atoms with Gasteiger partial charge in [-0.2, -0.15) is 13.2 Å². The predicted octanol–water partition coefficient (Wildman–Crippen LogP) is 2.58. The molecule has 1 aliphatic carbocycles. The van der Waals surface area contributed by atoms with Crippen molar-refractivity contribution in [3.05, 3.63) is 29.8 Å². The molecule has 3 N–H and O–H groups in total. The van der Waals surface area contributed by atoms with Gasteiger partial charge in [-0.1, -0.05) is 12.1 Å². The van der Waals surface area contributed by atoms with Gasteiger partial charge >= 0.3 is 5.51 Å². The summed E-state index contributed by atoms with van der Waals surface area (Å²) in [6, 6.07) is 5.33. The number of rotatable bonds is 5. The minimum absolute atomic E-state index is 0.0888. The molecule has 0 aliphatic heterocycles. The van der Waals surface area contributed by atoms with Gasteiger partial charge in [-0.25, -0.2) is 0 Å². The van der Waals surface area contributed by atoms with Gasteiger partial charge in [0.25, 0.3) is 0 Å². The molecule has 3 nitrogen and oxygen atoms in total. The van der Waals surface area contributed by atoms with Crippen molar-refractivity contribution < 1.29 is 18.0 Å². The van der Waals surface area contributed by atoms with E-state index in [4.69, 9.17) is 5.73 Å². The number of carbonyl (C=O) groups is 1. The van der Waals surface area contributed by atoms with Crippen molar-refractivity contribution in [1.29, 1.82) is 0 Å². The van der Waals surface area contributed by atoms with Gasteiger partial charge in [0.05, 0.1) is 0 Å². The van der Waals surface area contributed by atoms with Crippen molar-refractivity contribution in [1.82, 2.24) is 5.32 Å². The molecule has 1 aromatic carbocycles. The molecule has 0 bridgehead atoms. The topological polar surface area (TPSA) is 55.1 Å². The summed E-state index contributed by atoms with van der Waals surface area (Å²) in [5, 5.41) is 3.07. The third-order valence-electron chi connectivity index (χ3n) is 2.71. The molecule has 0 radical (unpaired) electrons. The molecule has 1 fully saturated rings. The van der Waals surface area contributed by atoms with Crippen molar-refractivity contribution >= 4 is 17.7 Å². The molecule has 1 amide bonds. The lowest BCUT2D eigenvalue weighted by Crippen LogP contribution is -2.34. The van der Waals surface area contributed by atoms with Crippen molar-refractivity contribution in [3.8, 4) is 0 Å². The van der Waals surface area contributed by atoms with Crippen LogP contribution in [0.5, 0.6) is 0 Å². The molecular weight excluding hydrogens is 277 g/mol. The van der Waals surface area contributed by atoms with Crippen LogP contribution >= 0.6 is 11.8 Å². The lowest BCUT2D eigenvalue weighted by Gasteiger charge is -2.16. The van der Waals surface area contributed by atoms with Gasteiger partial charge in [-0.3, -0.25) is 10.1 Å². The Bertz CT molecular complexity index is 457. The van der Waals surface area contributed by atoms with Gasteiger partial charge in [0.1, 0.15) is 6.04 Å². The highest BCUT2D eigenvalue weighted by atomic mass is 32.2. The number of hydrogen-bond acceptors (Lipinski definition) is 3. The van der Waals surface area contributed by atoms with E-state index in [0.29, 0.717) is 5.56 Å². The van der Waals surface area contributed by atoms with Crippen LogP contribution in [-0.2, 0) is 4.79 Å². The van der Waals surface area contributed by atoms with E-state index in [-0.39, 0.29) is 22.7 Å². The molecule has 1 saturated carbocycles. The Balaban J connectivity index is 2.08. The van der Waals surface area contributed by atoms with Gasteiger partial charge in [-0.15, -0.1) is 0 Å². The highest BCUT2D eigenvalue weighted by Crippen LogP contribution is 2.37. The van der Waals surface area contributed by atoms with E-state index in [0.717, 1.165) is 12.8 Å². The van der Waals surface area contributed by atoms with Crippen molar-refractivity contribution in [3.63, 3.8) is 0 Å². The number of alkyl halides is 3. The number of hydrogen-bond donors (Lipinski definition) is 2. The molecule has 0 spiro atoms. The highest BCUT2D eigenvalue weighted by molar-refractivity contribution is 8.00. The zero-order valence-electron chi connectivity index (χ0n) is 9.91. The number of primary amides is 1. The van der Waals surface area contributed by atoms with Crippen LogP contribution in [0.2, 0.25) is 0 Å². The highest BCUT2D eigenvalue weighted by Gasteiger charge is 2.30. The van der Waals surface area contributed by atoms with Gasteiger partial charge < -0.3 is 5.73 Å².